The molecule has 0 bridgehead atoms. The van der Waals surface area contributed by atoms with Crippen LogP contribution in [-0.4, -0.2) is 17.7 Å². The van der Waals surface area contributed by atoms with Crippen molar-refractivity contribution in [3.05, 3.63) is 33.4 Å². The molecule has 0 unspecified atom stereocenters. The van der Waals surface area contributed by atoms with Gasteiger partial charge in [-0.05, 0) is 37.1 Å². The van der Waals surface area contributed by atoms with Gasteiger partial charge in [0, 0.05) is 10.6 Å². The topological polar surface area (TPSA) is 46.5 Å². The van der Waals surface area contributed by atoms with Gasteiger partial charge in [-0.25, -0.2) is 4.79 Å². The predicted molar refractivity (Wildman–Crippen MR) is 62.0 cm³/mol. The van der Waals surface area contributed by atoms with E-state index in [0.29, 0.717) is 10.8 Å². The van der Waals surface area contributed by atoms with Gasteiger partial charge in [0.15, 0.2) is 0 Å². The number of benzene rings is 1. The minimum absolute atomic E-state index is 0.100. The maximum Gasteiger partial charge on any atom is 0.335 e. The van der Waals surface area contributed by atoms with Gasteiger partial charge in [-0.15, -0.1) is 0 Å². The second-order valence-corrected chi connectivity index (χ2v) is 4.19. The second-order valence-electron chi connectivity index (χ2n) is 3.81. The van der Waals surface area contributed by atoms with Gasteiger partial charge in [0.2, 0.25) is 0 Å². The Morgan fingerprint density at radius 2 is 2.19 bits per heavy atom. The minimum atomic E-state index is -0.957. The monoisotopic (exact) mass is 238 g/mol. The Balaban J connectivity index is 2.62. The molecular weight excluding hydrogens is 228 g/mol. The number of carbonyl (C=O) groups is 1. The highest BCUT2D eigenvalue weighted by atomic mass is 35.5. The van der Waals surface area contributed by atoms with Crippen LogP contribution in [-0.2, 0) is 4.79 Å². The van der Waals surface area contributed by atoms with E-state index in [-0.39, 0.29) is 12.2 Å². The summed E-state index contributed by atoms with van der Waals surface area (Å²) in [5, 5.41) is 9.55. The number of aryl methyl sites for hydroxylation is 1. The lowest BCUT2D eigenvalue weighted by molar-refractivity contribution is -0.132. The summed E-state index contributed by atoms with van der Waals surface area (Å²) in [6.07, 6.45) is 1.63. The number of ether oxygens (including phenoxy) is 1. The first-order valence-electron chi connectivity index (χ1n) is 4.87. The molecule has 0 aromatic heterocycles. The standard InChI is InChI=1S/C12H11ClO3/c1-6-3-10-9(7(2)11(6)13)4-8(5-16-10)12(14)15/h3-4H,5H2,1-2H3,(H,14,15). The molecule has 16 heavy (non-hydrogen) atoms. The van der Waals surface area contributed by atoms with E-state index < -0.39 is 5.97 Å². The summed E-state index contributed by atoms with van der Waals surface area (Å²) in [5.41, 5.74) is 2.80. The van der Waals surface area contributed by atoms with E-state index in [0.717, 1.165) is 16.7 Å². The molecule has 3 nitrogen and oxygen atoms in total. The lowest BCUT2D eigenvalue weighted by Gasteiger charge is -2.19. The summed E-state index contributed by atoms with van der Waals surface area (Å²) in [7, 11) is 0. The number of rotatable bonds is 1. The van der Waals surface area contributed by atoms with Crippen molar-refractivity contribution in [2.24, 2.45) is 0 Å². The van der Waals surface area contributed by atoms with Crippen molar-refractivity contribution in [1.82, 2.24) is 0 Å². The first-order chi connectivity index (χ1) is 7.50. The zero-order chi connectivity index (χ0) is 11.9. The largest absolute Gasteiger partial charge is 0.488 e. The van der Waals surface area contributed by atoms with Crippen LogP contribution >= 0.6 is 11.6 Å². The van der Waals surface area contributed by atoms with Crippen molar-refractivity contribution in [2.45, 2.75) is 13.8 Å². The summed E-state index contributed by atoms with van der Waals surface area (Å²) in [4.78, 5) is 10.8. The van der Waals surface area contributed by atoms with E-state index in [4.69, 9.17) is 21.4 Å². The van der Waals surface area contributed by atoms with Crippen LogP contribution in [0.3, 0.4) is 0 Å². The van der Waals surface area contributed by atoms with Crippen LogP contribution in [0.5, 0.6) is 5.75 Å². The third-order valence-electron chi connectivity index (χ3n) is 2.67. The highest BCUT2D eigenvalue weighted by Gasteiger charge is 2.19. The average molecular weight is 239 g/mol. The lowest BCUT2D eigenvalue weighted by Crippen LogP contribution is -2.15. The minimum Gasteiger partial charge on any atom is -0.488 e. The van der Waals surface area contributed by atoms with Crippen molar-refractivity contribution in [1.29, 1.82) is 0 Å². The van der Waals surface area contributed by atoms with E-state index in [2.05, 4.69) is 0 Å². The number of carboxylic acid groups (broad SMARTS) is 1. The number of fused-ring (bicyclic) bond motifs is 1. The first kappa shape index (κ1) is 11.0. The normalized spacial score (nSPS) is 13.8. The fraction of sp³-hybridized carbons (Fsp3) is 0.250. The van der Waals surface area contributed by atoms with Crippen LogP contribution in [0.25, 0.3) is 6.08 Å². The highest BCUT2D eigenvalue weighted by molar-refractivity contribution is 6.32. The molecule has 1 heterocycles. The van der Waals surface area contributed by atoms with Crippen LogP contribution < -0.4 is 4.74 Å². The van der Waals surface area contributed by atoms with Crippen LogP contribution in [0.1, 0.15) is 16.7 Å². The zero-order valence-electron chi connectivity index (χ0n) is 9.00. The van der Waals surface area contributed by atoms with Crippen LogP contribution in [0.15, 0.2) is 11.6 Å². The maximum absolute atomic E-state index is 10.8. The van der Waals surface area contributed by atoms with E-state index in [9.17, 15) is 4.79 Å². The smallest absolute Gasteiger partial charge is 0.335 e. The van der Waals surface area contributed by atoms with Crippen molar-refractivity contribution in [3.63, 3.8) is 0 Å². The molecule has 84 valence electrons. The Morgan fingerprint density at radius 1 is 1.50 bits per heavy atom. The van der Waals surface area contributed by atoms with Gasteiger partial charge in [0.25, 0.3) is 0 Å². The fourth-order valence-corrected chi connectivity index (χ4v) is 1.89. The third-order valence-corrected chi connectivity index (χ3v) is 3.25. The molecule has 0 saturated heterocycles. The first-order valence-corrected chi connectivity index (χ1v) is 5.25. The van der Waals surface area contributed by atoms with Crippen molar-refractivity contribution >= 4 is 23.6 Å². The van der Waals surface area contributed by atoms with Crippen LogP contribution in [0.4, 0.5) is 0 Å². The summed E-state index contributed by atoms with van der Waals surface area (Å²) in [6, 6.07) is 1.83. The molecule has 0 radical (unpaired) electrons. The Labute approximate surface area is 98.3 Å². The van der Waals surface area contributed by atoms with Crippen LogP contribution in [0.2, 0.25) is 5.02 Å². The number of hydrogen-bond donors (Lipinski definition) is 1. The van der Waals surface area contributed by atoms with E-state index >= 15 is 0 Å². The molecule has 1 N–H and O–H groups in total. The molecule has 0 aliphatic carbocycles. The lowest BCUT2D eigenvalue weighted by atomic mass is 10.00. The highest BCUT2D eigenvalue weighted by Crippen LogP contribution is 2.35. The number of carboxylic acids is 1. The van der Waals surface area contributed by atoms with Gasteiger partial charge in [0.05, 0.1) is 5.57 Å². The average Bonchev–Trinajstić information content (AvgIpc) is 2.25. The Hall–Kier alpha value is -1.48. The van der Waals surface area contributed by atoms with Crippen molar-refractivity contribution in [3.8, 4) is 5.75 Å². The Kier molecular flexibility index (Phi) is 2.64. The van der Waals surface area contributed by atoms with Gasteiger partial charge >= 0.3 is 5.97 Å². The number of aliphatic carboxylic acids is 1. The molecule has 2 rings (SSSR count). The number of hydrogen-bond acceptors (Lipinski definition) is 2. The molecule has 0 atom stereocenters. The molecular formula is C12H11ClO3. The Morgan fingerprint density at radius 3 is 2.81 bits per heavy atom. The molecule has 0 amide bonds. The van der Waals surface area contributed by atoms with Crippen LogP contribution in [0, 0.1) is 13.8 Å². The van der Waals surface area contributed by atoms with Gasteiger partial charge < -0.3 is 9.84 Å². The van der Waals surface area contributed by atoms with Gasteiger partial charge in [-0.2, -0.15) is 0 Å². The molecule has 1 aromatic rings. The summed E-state index contributed by atoms with van der Waals surface area (Å²) >= 11 is 6.11. The molecule has 1 aliphatic rings. The Bertz CT molecular complexity index is 503. The predicted octanol–water partition coefficient (Wildman–Crippen LogP) is 2.82. The second kappa shape index (κ2) is 3.83. The van der Waals surface area contributed by atoms with E-state index in [1.807, 2.05) is 19.9 Å². The molecule has 0 saturated carbocycles. The number of halogens is 1. The quantitative estimate of drug-likeness (QED) is 0.818. The van der Waals surface area contributed by atoms with E-state index in [1.54, 1.807) is 6.08 Å². The van der Waals surface area contributed by atoms with Gasteiger partial charge in [-0.3, -0.25) is 0 Å². The zero-order valence-corrected chi connectivity index (χ0v) is 9.76. The summed E-state index contributed by atoms with van der Waals surface area (Å²) < 4.78 is 5.41. The van der Waals surface area contributed by atoms with Gasteiger partial charge in [0.1, 0.15) is 12.4 Å². The maximum atomic E-state index is 10.8. The molecule has 0 fully saturated rings. The molecule has 0 spiro atoms. The summed E-state index contributed by atoms with van der Waals surface area (Å²) in [6.45, 7) is 3.86. The SMILES string of the molecule is Cc1cc2c(c(C)c1Cl)C=C(C(=O)O)CO2. The third kappa shape index (κ3) is 1.67. The molecule has 4 heteroatoms. The summed E-state index contributed by atoms with van der Waals surface area (Å²) in [5.74, 6) is -0.258. The van der Waals surface area contributed by atoms with Crippen molar-refractivity contribution in [2.75, 3.05) is 6.61 Å². The van der Waals surface area contributed by atoms with Gasteiger partial charge in [-0.1, -0.05) is 11.6 Å². The van der Waals surface area contributed by atoms with Crippen molar-refractivity contribution < 1.29 is 14.6 Å². The molecule has 1 aromatic carbocycles. The fourth-order valence-electron chi connectivity index (χ4n) is 1.73. The van der Waals surface area contributed by atoms with E-state index in [1.165, 1.54) is 0 Å². The molecule has 1 aliphatic heterocycles.